The van der Waals surface area contributed by atoms with Crippen LogP contribution in [0.2, 0.25) is 0 Å². The molecule has 2 aromatic carbocycles. The van der Waals surface area contributed by atoms with Crippen LogP contribution < -0.4 is 14.4 Å². The molecule has 1 heterocycles. The minimum Gasteiger partial charge on any atom is -0.493 e. The van der Waals surface area contributed by atoms with E-state index in [1.165, 1.54) is 54.4 Å². The fourth-order valence-electron chi connectivity index (χ4n) is 3.26. The first-order valence-electron chi connectivity index (χ1n) is 9.23. The van der Waals surface area contributed by atoms with Gasteiger partial charge in [-0.05, 0) is 42.8 Å². The molecule has 160 valence electrons. The molecule has 0 bridgehead atoms. The van der Waals surface area contributed by atoms with Crippen molar-refractivity contribution in [3.8, 4) is 11.5 Å². The number of hydrogen-bond donors (Lipinski definition) is 0. The largest absolute Gasteiger partial charge is 0.493 e. The number of ether oxygens (including phenoxy) is 2. The van der Waals surface area contributed by atoms with Crippen molar-refractivity contribution in [1.29, 1.82) is 0 Å². The van der Waals surface area contributed by atoms with E-state index in [1.807, 2.05) is 0 Å². The number of likely N-dealkylation sites (tertiary alicyclic amines) is 1. The van der Waals surface area contributed by atoms with Crippen LogP contribution in [0.3, 0.4) is 0 Å². The minimum atomic E-state index is -4.56. The van der Waals surface area contributed by atoms with Gasteiger partial charge in [-0.15, -0.1) is 0 Å². The highest BCUT2D eigenvalue weighted by atomic mass is 19.4. The maximum atomic E-state index is 13.3. The third-order valence-electron chi connectivity index (χ3n) is 4.84. The lowest BCUT2D eigenvalue weighted by molar-refractivity contribution is -0.137. The Morgan fingerprint density at radius 2 is 1.83 bits per heavy atom. The Morgan fingerprint density at radius 3 is 2.43 bits per heavy atom. The summed E-state index contributed by atoms with van der Waals surface area (Å²) in [6, 6.07) is 8.97. The summed E-state index contributed by atoms with van der Waals surface area (Å²) in [6.07, 6.45) is -3.57. The summed E-state index contributed by atoms with van der Waals surface area (Å²) in [5.74, 6) is 0.0149. The van der Waals surface area contributed by atoms with E-state index in [9.17, 15) is 22.8 Å². The van der Waals surface area contributed by atoms with Gasteiger partial charge in [-0.1, -0.05) is 6.07 Å². The van der Waals surface area contributed by atoms with Crippen LogP contribution in [0.4, 0.5) is 18.9 Å². The number of methoxy groups -OCH3 is 2. The zero-order chi connectivity index (χ0) is 21.9. The average molecular weight is 422 g/mol. The van der Waals surface area contributed by atoms with Crippen LogP contribution in [0.5, 0.6) is 11.5 Å². The monoisotopic (exact) mass is 422 g/mol. The molecule has 9 heteroatoms. The lowest BCUT2D eigenvalue weighted by Crippen LogP contribution is -2.42. The Balaban J connectivity index is 2.01. The molecule has 1 fully saturated rings. The SMILES string of the molecule is COc1ccc(C(=O)N(CN2CCCC2=O)c2cccc(C(F)(F)F)c2)cc1OC. The van der Waals surface area contributed by atoms with Crippen LogP contribution in [-0.2, 0) is 11.0 Å². The first-order chi connectivity index (χ1) is 14.2. The number of anilines is 1. The summed E-state index contributed by atoms with van der Waals surface area (Å²) >= 11 is 0. The summed E-state index contributed by atoms with van der Waals surface area (Å²) in [4.78, 5) is 28.0. The molecule has 3 rings (SSSR count). The second-order valence-electron chi connectivity index (χ2n) is 6.75. The highest BCUT2D eigenvalue weighted by Crippen LogP contribution is 2.33. The van der Waals surface area contributed by atoms with Gasteiger partial charge in [0, 0.05) is 24.2 Å². The molecule has 0 radical (unpaired) electrons. The zero-order valence-corrected chi connectivity index (χ0v) is 16.5. The van der Waals surface area contributed by atoms with E-state index in [0.29, 0.717) is 30.9 Å². The number of amides is 2. The number of hydrogen-bond acceptors (Lipinski definition) is 4. The Kier molecular flexibility index (Phi) is 6.19. The van der Waals surface area contributed by atoms with Gasteiger partial charge in [-0.3, -0.25) is 14.5 Å². The van der Waals surface area contributed by atoms with Crippen molar-refractivity contribution in [2.75, 3.05) is 32.3 Å². The molecule has 0 aliphatic carbocycles. The summed E-state index contributed by atoms with van der Waals surface area (Å²) < 4.78 is 50.0. The summed E-state index contributed by atoms with van der Waals surface area (Å²) in [5, 5.41) is 0. The van der Waals surface area contributed by atoms with Crippen LogP contribution >= 0.6 is 0 Å². The Labute approximate surface area is 171 Å². The molecule has 0 N–H and O–H groups in total. The van der Waals surface area contributed by atoms with E-state index in [2.05, 4.69) is 0 Å². The van der Waals surface area contributed by atoms with Gasteiger partial charge in [0.05, 0.1) is 19.8 Å². The quantitative estimate of drug-likeness (QED) is 0.708. The summed E-state index contributed by atoms with van der Waals surface area (Å²) in [6.45, 7) is 0.292. The zero-order valence-electron chi connectivity index (χ0n) is 16.5. The van der Waals surface area contributed by atoms with Gasteiger partial charge in [-0.25, -0.2) is 0 Å². The number of rotatable bonds is 6. The van der Waals surface area contributed by atoms with Crippen molar-refractivity contribution in [2.45, 2.75) is 19.0 Å². The molecule has 0 atom stereocenters. The number of carbonyl (C=O) groups is 2. The van der Waals surface area contributed by atoms with Crippen LogP contribution in [0.1, 0.15) is 28.8 Å². The predicted molar refractivity (Wildman–Crippen MR) is 104 cm³/mol. The van der Waals surface area contributed by atoms with Gasteiger partial charge in [0.15, 0.2) is 11.5 Å². The Bertz CT molecular complexity index is 946. The number of halogens is 3. The molecular formula is C21H21F3N2O4. The van der Waals surface area contributed by atoms with E-state index >= 15 is 0 Å². The topological polar surface area (TPSA) is 59.1 Å². The second-order valence-corrected chi connectivity index (χ2v) is 6.75. The number of nitrogens with zero attached hydrogens (tertiary/aromatic N) is 2. The molecular weight excluding hydrogens is 401 g/mol. The van der Waals surface area contributed by atoms with Crippen molar-refractivity contribution in [1.82, 2.24) is 4.90 Å². The van der Waals surface area contributed by atoms with Crippen molar-refractivity contribution in [3.63, 3.8) is 0 Å². The second kappa shape index (κ2) is 8.64. The van der Waals surface area contributed by atoms with Crippen molar-refractivity contribution in [2.24, 2.45) is 0 Å². The molecule has 0 saturated carbocycles. The molecule has 2 aromatic rings. The smallest absolute Gasteiger partial charge is 0.416 e. The summed E-state index contributed by atoms with van der Waals surface area (Å²) in [7, 11) is 2.87. The van der Waals surface area contributed by atoms with Gasteiger partial charge in [0.1, 0.15) is 6.67 Å². The van der Waals surface area contributed by atoms with Crippen LogP contribution in [0.25, 0.3) is 0 Å². The molecule has 1 saturated heterocycles. The number of benzene rings is 2. The predicted octanol–water partition coefficient (Wildman–Crippen LogP) is 3.95. The molecule has 30 heavy (non-hydrogen) atoms. The van der Waals surface area contributed by atoms with Crippen molar-refractivity contribution in [3.05, 3.63) is 53.6 Å². The minimum absolute atomic E-state index is 0.0457. The molecule has 6 nitrogen and oxygen atoms in total. The Hall–Kier alpha value is -3.23. The third-order valence-corrected chi connectivity index (χ3v) is 4.84. The molecule has 0 spiro atoms. The van der Waals surface area contributed by atoms with Crippen LogP contribution in [-0.4, -0.2) is 44.1 Å². The standard InChI is InChI=1S/C21H21F3N2O4/c1-29-17-9-8-14(11-18(17)30-2)20(28)26(13-25-10-4-7-19(25)27)16-6-3-5-15(12-16)21(22,23)24/h3,5-6,8-9,11-12H,4,7,10,13H2,1-2H3. The lowest BCUT2D eigenvalue weighted by atomic mass is 10.1. The third kappa shape index (κ3) is 4.50. The maximum Gasteiger partial charge on any atom is 0.416 e. The number of alkyl halides is 3. The first-order valence-corrected chi connectivity index (χ1v) is 9.23. The van der Waals surface area contributed by atoms with E-state index in [1.54, 1.807) is 0 Å². The van der Waals surface area contributed by atoms with Crippen LogP contribution in [0, 0.1) is 0 Å². The average Bonchev–Trinajstić information content (AvgIpc) is 3.14. The van der Waals surface area contributed by atoms with E-state index < -0.39 is 17.6 Å². The molecule has 1 aliphatic heterocycles. The molecule has 0 aromatic heterocycles. The summed E-state index contributed by atoms with van der Waals surface area (Å²) in [5.41, 5.74) is -0.640. The molecule has 0 unspecified atom stereocenters. The Morgan fingerprint density at radius 1 is 1.10 bits per heavy atom. The highest BCUT2D eigenvalue weighted by molar-refractivity contribution is 6.06. The van der Waals surface area contributed by atoms with E-state index in [0.717, 1.165) is 12.1 Å². The van der Waals surface area contributed by atoms with Crippen molar-refractivity contribution >= 4 is 17.5 Å². The fraction of sp³-hybridized carbons (Fsp3) is 0.333. The van der Waals surface area contributed by atoms with Crippen molar-refractivity contribution < 1.29 is 32.2 Å². The lowest BCUT2D eigenvalue weighted by Gasteiger charge is -2.29. The first kappa shape index (κ1) is 21.5. The number of carbonyl (C=O) groups excluding carboxylic acids is 2. The highest BCUT2D eigenvalue weighted by Gasteiger charge is 2.32. The van der Waals surface area contributed by atoms with Gasteiger partial charge >= 0.3 is 6.18 Å². The molecule has 2 amide bonds. The van der Waals surface area contributed by atoms with Gasteiger partial charge in [0.2, 0.25) is 5.91 Å². The van der Waals surface area contributed by atoms with Gasteiger partial charge in [0.25, 0.3) is 5.91 Å². The normalized spacial score (nSPS) is 14.0. The van der Waals surface area contributed by atoms with Crippen LogP contribution in [0.15, 0.2) is 42.5 Å². The van der Waals surface area contributed by atoms with Gasteiger partial charge in [-0.2, -0.15) is 13.2 Å². The fourth-order valence-corrected chi connectivity index (χ4v) is 3.26. The molecule has 1 aliphatic rings. The van der Waals surface area contributed by atoms with E-state index in [4.69, 9.17) is 9.47 Å². The van der Waals surface area contributed by atoms with Gasteiger partial charge < -0.3 is 14.4 Å². The maximum absolute atomic E-state index is 13.3. The van der Waals surface area contributed by atoms with E-state index in [-0.39, 0.29) is 23.8 Å².